The van der Waals surface area contributed by atoms with Crippen LogP contribution in [-0.2, 0) is 22.6 Å². The highest BCUT2D eigenvalue weighted by atomic mass is 32.2. The zero-order chi connectivity index (χ0) is 24.7. The molecule has 6 nitrogen and oxygen atoms in total. The Morgan fingerprint density at radius 1 is 1.20 bits per heavy atom. The molecule has 0 fully saturated rings. The van der Waals surface area contributed by atoms with Gasteiger partial charge in [-0.15, -0.1) is 11.3 Å². The Balaban J connectivity index is 1.60. The number of rotatable bonds is 5. The number of anilines is 1. The van der Waals surface area contributed by atoms with Crippen LogP contribution in [0.5, 0.6) is 0 Å². The van der Waals surface area contributed by atoms with E-state index in [0.29, 0.717) is 28.4 Å². The van der Waals surface area contributed by atoms with Gasteiger partial charge in [0.05, 0.1) is 28.5 Å². The van der Waals surface area contributed by atoms with Crippen molar-refractivity contribution in [1.82, 2.24) is 9.55 Å². The molecule has 0 spiro atoms. The van der Waals surface area contributed by atoms with E-state index in [1.807, 2.05) is 82.3 Å². The van der Waals surface area contributed by atoms with Crippen molar-refractivity contribution in [3.63, 3.8) is 0 Å². The van der Waals surface area contributed by atoms with Gasteiger partial charge in [-0.3, -0.25) is 14.2 Å². The van der Waals surface area contributed by atoms with Crippen molar-refractivity contribution in [2.75, 3.05) is 5.32 Å². The number of aromatic nitrogens is 2. The van der Waals surface area contributed by atoms with Gasteiger partial charge in [0.1, 0.15) is 4.83 Å². The number of nitrogens with zero attached hydrogens (tertiary/aromatic N) is 2. The second-order valence-corrected chi connectivity index (χ2v) is 11.8. The minimum Gasteiger partial charge on any atom is -0.370 e. The first-order chi connectivity index (χ1) is 16.7. The summed E-state index contributed by atoms with van der Waals surface area (Å²) < 4.78 is 7.64. The molecule has 0 saturated carbocycles. The van der Waals surface area contributed by atoms with Gasteiger partial charge in [0.15, 0.2) is 5.16 Å². The molecule has 1 amide bonds. The molecule has 35 heavy (non-hydrogen) atoms. The van der Waals surface area contributed by atoms with Crippen molar-refractivity contribution in [2.24, 2.45) is 0 Å². The minimum atomic E-state index is -0.465. The number of para-hydroxylation sites is 1. The Morgan fingerprint density at radius 3 is 2.71 bits per heavy atom. The van der Waals surface area contributed by atoms with Gasteiger partial charge in [-0.1, -0.05) is 42.1 Å². The maximum Gasteiger partial charge on any atom is 0.267 e. The third kappa shape index (κ3) is 4.78. The summed E-state index contributed by atoms with van der Waals surface area (Å²) in [7, 11) is 0. The molecule has 4 aromatic rings. The number of fused-ring (bicyclic) bond motifs is 3. The van der Waals surface area contributed by atoms with E-state index >= 15 is 0 Å². The lowest BCUT2D eigenvalue weighted by Crippen LogP contribution is -2.32. The monoisotopic (exact) mass is 505 g/mol. The fourth-order valence-corrected chi connectivity index (χ4v) is 6.30. The van der Waals surface area contributed by atoms with Gasteiger partial charge in [-0.05, 0) is 63.1 Å². The quantitative estimate of drug-likeness (QED) is 0.277. The molecular weight excluding hydrogens is 478 g/mol. The summed E-state index contributed by atoms with van der Waals surface area (Å²) in [5.41, 5.74) is 3.12. The molecule has 8 heteroatoms. The summed E-state index contributed by atoms with van der Waals surface area (Å²) in [6.07, 6.45) is 0.662. The summed E-state index contributed by atoms with van der Waals surface area (Å²) in [5.74, 6) is -0.146. The predicted octanol–water partition coefficient (Wildman–Crippen LogP) is 5.73. The number of thioether (sulfide) groups is 1. The lowest BCUT2D eigenvalue weighted by molar-refractivity contribution is -0.115. The number of benzene rings is 2. The molecule has 0 unspecified atom stereocenters. The summed E-state index contributed by atoms with van der Waals surface area (Å²) in [5, 5.41) is 3.64. The summed E-state index contributed by atoms with van der Waals surface area (Å²) in [4.78, 5) is 33.6. The van der Waals surface area contributed by atoms with E-state index in [9.17, 15) is 9.59 Å². The first-order valence-corrected chi connectivity index (χ1v) is 13.2. The first-order valence-electron chi connectivity index (χ1n) is 11.5. The molecule has 2 aromatic carbocycles. The van der Waals surface area contributed by atoms with Gasteiger partial charge < -0.3 is 10.1 Å². The number of ether oxygens (including phenoxy) is 1. The molecule has 1 aliphatic heterocycles. The number of carbonyl (C=O) groups is 1. The molecule has 1 atom stereocenters. The lowest BCUT2D eigenvalue weighted by atomic mass is 9.94. The summed E-state index contributed by atoms with van der Waals surface area (Å²) in [6, 6.07) is 17.2. The zero-order valence-corrected chi connectivity index (χ0v) is 21.8. The van der Waals surface area contributed by atoms with E-state index in [0.717, 1.165) is 27.4 Å². The topological polar surface area (TPSA) is 73.2 Å². The van der Waals surface area contributed by atoms with Crippen molar-refractivity contribution in [1.29, 1.82) is 0 Å². The summed E-state index contributed by atoms with van der Waals surface area (Å²) >= 11 is 2.80. The van der Waals surface area contributed by atoms with Crippen LogP contribution in [0.2, 0.25) is 0 Å². The number of carbonyl (C=O) groups excluding carboxylic acids is 1. The number of thiophene rings is 1. The molecule has 0 bridgehead atoms. The Labute approximate surface area is 212 Å². The van der Waals surface area contributed by atoms with E-state index in [4.69, 9.17) is 9.72 Å². The predicted molar refractivity (Wildman–Crippen MR) is 143 cm³/mol. The Kier molecular flexibility index (Phi) is 6.29. The van der Waals surface area contributed by atoms with E-state index in [1.54, 1.807) is 4.57 Å². The molecule has 3 heterocycles. The number of aryl methyl sites for hydroxylation is 1. The first kappa shape index (κ1) is 23.8. The van der Waals surface area contributed by atoms with Gasteiger partial charge in [0.2, 0.25) is 5.91 Å². The maximum absolute atomic E-state index is 14.0. The molecule has 1 N–H and O–H groups in total. The van der Waals surface area contributed by atoms with Gasteiger partial charge in [0, 0.05) is 17.0 Å². The third-order valence-electron chi connectivity index (χ3n) is 6.03. The van der Waals surface area contributed by atoms with Crippen LogP contribution >= 0.6 is 23.1 Å². The molecule has 2 aromatic heterocycles. The van der Waals surface area contributed by atoms with Crippen LogP contribution in [-0.4, -0.2) is 26.3 Å². The van der Waals surface area contributed by atoms with Gasteiger partial charge >= 0.3 is 0 Å². The average molecular weight is 506 g/mol. The fraction of sp³-hybridized carbons (Fsp3) is 0.296. The lowest BCUT2D eigenvalue weighted by Gasteiger charge is -2.30. The van der Waals surface area contributed by atoms with Crippen LogP contribution < -0.4 is 10.9 Å². The Morgan fingerprint density at radius 2 is 1.97 bits per heavy atom. The number of hydrogen-bond donors (Lipinski definition) is 1. The van der Waals surface area contributed by atoms with Gasteiger partial charge in [-0.2, -0.15) is 0 Å². The van der Waals surface area contributed by atoms with Crippen LogP contribution in [0.15, 0.2) is 64.5 Å². The van der Waals surface area contributed by atoms with Crippen molar-refractivity contribution in [2.45, 2.75) is 56.7 Å². The van der Waals surface area contributed by atoms with Crippen molar-refractivity contribution in [3.8, 4) is 5.69 Å². The zero-order valence-electron chi connectivity index (χ0n) is 20.1. The van der Waals surface area contributed by atoms with Crippen LogP contribution in [0.25, 0.3) is 15.9 Å². The second kappa shape index (κ2) is 9.26. The Hall–Kier alpha value is -2.94. The molecule has 1 aliphatic rings. The highest BCUT2D eigenvalue weighted by Gasteiger charge is 2.32. The molecule has 5 rings (SSSR count). The second-order valence-electron chi connectivity index (χ2n) is 9.40. The standard InChI is InChI=1S/C27H27N3O3S2/c1-16-9-8-12-19(13-16)30-25(32)22-20-14-27(3,4)33-15-21(20)35-24(22)29-26(30)34-17(2)23(31)28-18-10-6-5-7-11-18/h5-13,17H,14-15H2,1-4H3,(H,28,31)/t17-/m1/s1. The van der Waals surface area contributed by atoms with Crippen molar-refractivity contribution >= 4 is 44.9 Å². The van der Waals surface area contributed by atoms with E-state index < -0.39 is 5.25 Å². The molecule has 0 saturated heterocycles. The van der Waals surface area contributed by atoms with Crippen molar-refractivity contribution in [3.05, 3.63) is 81.0 Å². The number of hydrogen-bond acceptors (Lipinski definition) is 6. The molecular formula is C27H27N3O3S2. The van der Waals surface area contributed by atoms with E-state index in [2.05, 4.69) is 5.32 Å². The van der Waals surface area contributed by atoms with Crippen molar-refractivity contribution < 1.29 is 9.53 Å². The molecule has 0 radical (unpaired) electrons. The largest absolute Gasteiger partial charge is 0.370 e. The van der Waals surface area contributed by atoms with E-state index in [-0.39, 0.29) is 17.1 Å². The Bertz CT molecular complexity index is 1470. The molecule has 0 aliphatic carbocycles. The fourth-order valence-electron chi connectivity index (χ4n) is 4.22. The summed E-state index contributed by atoms with van der Waals surface area (Å²) in [6.45, 7) is 8.39. The number of amides is 1. The average Bonchev–Trinajstić information content (AvgIpc) is 3.16. The third-order valence-corrected chi connectivity index (χ3v) is 8.18. The van der Waals surface area contributed by atoms with Crippen LogP contribution in [0.4, 0.5) is 5.69 Å². The minimum absolute atomic E-state index is 0.103. The smallest absolute Gasteiger partial charge is 0.267 e. The highest BCUT2D eigenvalue weighted by Crippen LogP contribution is 2.38. The van der Waals surface area contributed by atoms with E-state index in [1.165, 1.54) is 23.1 Å². The van der Waals surface area contributed by atoms with Crippen LogP contribution in [0, 0.1) is 6.92 Å². The van der Waals surface area contributed by atoms with Crippen LogP contribution in [0.3, 0.4) is 0 Å². The highest BCUT2D eigenvalue weighted by molar-refractivity contribution is 8.00. The molecule has 180 valence electrons. The SMILES string of the molecule is Cc1cccc(-n2c(S[C@H](C)C(=O)Nc3ccccc3)nc3sc4c(c3c2=O)CC(C)(C)OC4)c1. The number of nitrogens with one attached hydrogen (secondary N) is 1. The normalized spacial score (nSPS) is 15.5. The van der Waals surface area contributed by atoms with Crippen LogP contribution in [0.1, 0.15) is 36.8 Å². The maximum atomic E-state index is 14.0. The van der Waals surface area contributed by atoms with Gasteiger partial charge in [0.25, 0.3) is 5.56 Å². The van der Waals surface area contributed by atoms with Gasteiger partial charge in [-0.25, -0.2) is 4.98 Å².